The van der Waals surface area contributed by atoms with Gasteiger partial charge in [-0.2, -0.15) is 0 Å². The summed E-state index contributed by atoms with van der Waals surface area (Å²) in [6, 6.07) is 14.8. The standard InChI is InChI=1S/C29H42O4/c1-5-7-8-9-10-11-14-22-31-24(4)25-18-20-26(21-19-25)29(30)33-28-17-13-12-16-27(28)32-23(3)15-6-2/h12-13,16-21,23-24H,5-11,14-15,22H2,1-4H3. The molecule has 0 amide bonds. The normalized spacial score (nSPS) is 12.8. The SMILES string of the molecule is CCCCCCCCCOC(C)c1ccc(C(=O)Oc2ccccc2OC(C)CCC)cc1. The first-order valence-corrected chi connectivity index (χ1v) is 12.7. The van der Waals surface area contributed by atoms with Crippen molar-refractivity contribution in [2.45, 2.75) is 97.7 Å². The molecule has 0 saturated carbocycles. The van der Waals surface area contributed by atoms with Crippen LogP contribution in [0.2, 0.25) is 0 Å². The first-order chi connectivity index (χ1) is 16.0. The quantitative estimate of drug-likeness (QED) is 0.145. The molecule has 0 spiro atoms. The van der Waals surface area contributed by atoms with Gasteiger partial charge in [0.15, 0.2) is 11.5 Å². The van der Waals surface area contributed by atoms with E-state index in [9.17, 15) is 4.79 Å². The number of carbonyl (C=O) groups is 1. The van der Waals surface area contributed by atoms with E-state index >= 15 is 0 Å². The summed E-state index contributed by atoms with van der Waals surface area (Å²) in [5.74, 6) is 0.647. The number of benzene rings is 2. The molecule has 4 heteroatoms. The molecule has 0 bridgehead atoms. The smallest absolute Gasteiger partial charge is 0.343 e. The fourth-order valence-electron chi connectivity index (χ4n) is 3.78. The number of unbranched alkanes of at least 4 members (excludes halogenated alkanes) is 6. The van der Waals surface area contributed by atoms with Gasteiger partial charge in [-0.05, 0) is 56.5 Å². The monoisotopic (exact) mass is 454 g/mol. The van der Waals surface area contributed by atoms with Crippen molar-refractivity contribution in [1.82, 2.24) is 0 Å². The molecule has 33 heavy (non-hydrogen) atoms. The molecule has 0 fully saturated rings. The van der Waals surface area contributed by atoms with Gasteiger partial charge in [-0.3, -0.25) is 0 Å². The molecule has 0 N–H and O–H groups in total. The number of hydrogen-bond donors (Lipinski definition) is 0. The molecular formula is C29H42O4. The molecule has 0 aliphatic heterocycles. The third kappa shape index (κ3) is 10.00. The Bertz CT molecular complexity index is 800. The van der Waals surface area contributed by atoms with Gasteiger partial charge in [-0.1, -0.05) is 83.1 Å². The molecule has 0 aliphatic rings. The van der Waals surface area contributed by atoms with Crippen LogP contribution >= 0.6 is 0 Å². The van der Waals surface area contributed by atoms with Gasteiger partial charge in [0.2, 0.25) is 0 Å². The van der Waals surface area contributed by atoms with Crippen molar-refractivity contribution in [3.8, 4) is 11.5 Å². The van der Waals surface area contributed by atoms with Crippen molar-refractivity contribution in [3.05, 3.63) is 59.7 Å². The number of hydrogen-bond acceptors (Lipinski definition) is 4. The van der Waals surface area contributed by atoms with Gasteiger partial charge in [0.05, 0.1) is 17.8 Å². The van der Waals surface area contributed by atoms with Crippen LogP contribution in [0.25, 0.3) is 0 Å². The van der Waals surface area contributed by atoms with Crippen LogP contribution in [0.15, 0.2) is 48.5 Å². The molecule has 182 valence electrons. The van der Waals surface area contributed by atoms with Crippen LogP contribution in [0.5, 0.6) is 11.5 Å². The van der Waals surface area contributed by atoms with Crippen LogP contribution < -0.4 is 9.47 Å². The van der Waals surface area contributed by atoms with E-state index < -0.39 is 5.97 Å². The molecule has 0 aromatic heterocycles. The van der Waals surface area contributed by atoms with Gasteiger partial charge < -0.3 is 14.2 Å². The Labute approximate surface area is 200 Å². The van der Waals surface area contributed by atoms with Gasteiger partial charge in [0.25, 0.3) is 0 Å². The van der Waals surface area contributed by atoms with Gasteiger partial charge in [-0.15, -0.1) is 0 Å². The second-order valence-corrected chi connectivity index (χ2v) is 8.81. The van der Waals surface area contributed by atoms with E-state index in [1.807, 2.05) is 37.3 Å². The van der Waals surface area contributed by atoms with Crippen LogP contribution in [0, 0.1) is 0 Å². The van der Waals surface area contributed by atoms with Crippen molar-refractivity contribution >= 4 is 5.97 Å². The third-order valence-electron chi connectivity index (χ3n) is 5.81. The zero-order valence-electron chi connectivity index (χ0n) is 21.0. The Morgan fingerprint density at radius 1 is 0.788 bits per heavy atom. The highest BCUT2D eigenvalue weighted by Crippen LogP contribution is 2.29. The van der Waals surface area contributed by atoms with Crippen LogP contribution in [0.3, 0.4) is 0 Å². The molecule has 4 nitrogen and oxygen atoms in total. The van der Waals surface area contributed by atoms with Crippen molar-refractivity contribution < 1.29 is 19.0 Å². The highest BCUT2D eigenvalue weighted by atomic mass is 16.6. The fraction of sp³-hybridized carbons (Fsp3) is 0.552. The Hall–Kier alpha value is -2.33. The van der Waals surface area contributed by atoms with E-state index in [1.54, 1.807) is 18.2 Å². The first kappa shape index (κ1) is 26.9. The molecule has 2 atom stereocenters. The van der Waals surface area contributed by atoms with E-state index in [-0.39, 0.29) is 12.2 Å². The van der Waals surface area contributed by atoms with Crippen LogP contribution in [-0.2, 0) is 4.74 Å². The summed E-state index contributed by atoms with van der Waals surface area (Å²) in [4.78, 5) is 12.7. The maximum Gasteiger partial charge on any atom is 0.343 e. The lowest BCUT2D eigenvalue weighted by atomic mass is 10.1. The summed E-state index contributed by atoms with van der Waals surface area (Å²) in [5, 5.41) is 0. The van der Waals surface area contributed by atoms with E-state index in [0.717, 1.165) is 31.4 Å². The van der Waals surface area contributed by atoms with Crippen molar-refractivity contribution in [3.63, 3.8) is 0 Å². The summed E-state index contributed by atoms with van der Waals surface area (Å²) >= 11 is 0. The highest BCUT2D eigenvalue weighted by Gasteiger charge is 2.15. The van der Waals surface area contributed by atoms with Crippen molar-refractivity contribution in [2.24, 2.45) is 0 Å². The topological polar surface area (TPSA) is 44.8 Å². The van der Waals surface area contributed by atoms with E-state index in [1.165, 1.54) is 38.5 Å². The minimum atomic E-state index is -0.391. The van der Waals surface area contributed by atoms with Crippen LogP contribution in [-0.4, -0.2) is 18.7 Å². The third-order valence-corrected chi connectivity index (χ3v) is 5.81. The van der Waals surface area contributed by atoms with Gasteiger partial charge in [0, 0.05) is 6.61 Å². The summed E-state index contributed by atoms with van der Waals surface area (Å²) < 4.78 is 17.6. The minimum absolute atomic E-state index is 0.00402. The summed E-state index contributed by atoms with van der Waals surface area (Å²) in [6.07, 6.45) is 11.0. The predicted octanol–water partition coefficient (Wildman–Crippen LogP) is 8.30. The van der Waals surface area contributed by atoms with Gasteiger partial charge in [-0.25, -0.2) is 4.79 Å². The molecule has 0 saturated heterocycles. The molecule has 2 unspecified atom stereocenters. The molecule has 0 heterocycles. The average molecular weight is 455 g/mol. The van der Waals surface area contributed by atoms with E-state index in [0.29, 0.717) is 17.1 Å². The zero-order chi connectivity index (χ0) is 23.9. The minimum Gasteiger partial charge on any atom is -0.487 e. The second-order valence-electron chi connectivity index (χ2n) is 8.81. The first-order valence-electron chi connectivity index (χ1n) is 12.7. The molecule has 2 rings (SSSR count). The number of rotatable bonds is 16. The molecule has 0 radical (unpaired) electrons. The number of carbonyl (C=O) groups excluding carboxylic acids is 1. The lowest BCUT2D eigenvalue weighted by Gasteiger charge is -2.17. The molecule has 2 aromatic rings. The number of esters is 1. The lowest BCUT2D eigenvalue weighted by Crippen LogP contribution is -2.14. The second kappa shape index (κ2) is 15.5. The Morgan fingerprint density at radius 3 is 2.09 bits per heavy atom. The van der Waals surface area contributed by atoms with E-state index in [2.05, 4.69) is 20.8 Å². The van der Waals surface area contributed by atoms with E-state index in [4.69, 9.17) is 14.2 Å². The molecular weight excluding hydrogens is 412 g/mol. The Kier molecular flexibility index (Phi) is 12.6. The number of ether oxygens (including phenoxy) is 3. The Morgan fingerprint density at radius 2 is 1.42 bits per heavy atom. The molecule has 0 aliphatic carbocycles. The van der Waals surface area contributed by atoms with Crippen molar-refractivity contribution in [1.29, 1.82) is 0 Å². The van der Waals surface area contributed by atoms with Crippen LogP contribution in [0.1, 0.15) is 108 Å². The van der Waals surface area contributed by atoms with Gasteiger partial charge in [0.1, 0.15) is 0 Å². The van der Waals surface area contributed by atoms with Gasteiger partial charge >= 0.3 is 5.97 Å². The largest absolute Gasteiger partial charge is 0.487 e. The highest BCUT2D eigenvalue weighted by molar-refractivity contribution is 5.91. The lowest BCUT2D eigenvalue weighted by molar-refractivity contribution is 0.0625. The predicted molar refractivity (Wildman–Crippen MR) is 135 cm³/mol. The fourth-order valence-corrected chi connectivity index (χ4v) is 3.78. The van der Waals surface area contributed by atoms with Crippen molar-refractivity contribution in [2.75, 3.05) is 6.61 Å². The zero-order valence-corrected chi connectivity index (χ0v) is 21.0. The average Bonchev–Trinajstić information content (AvgIpc) is 2.82. The van der Waals surface area contributed by atoms with Crippen LogP contribution in [0.4, 0.5) is 0 Å². The molecule has 2 aromatic carbocycles. The summed E-state index contributed by atoms with van der Waals surface area (Å²) in [5.41, 5.74) is 1.57. The maximum atomic E-state index is 12.7. The Balaban J connectivity index is 1.82. The summed E-state index contributed by atoms with van der Waals surface area (Å²) in [6.45, 7) is 9.22. The maximum absolute atomic E-state index is 12.7. The number of para-hydroxylation sites is 2. The summed E-state index contributed by atoms with van der Waals surface area (Å²) in [7, 11) is 0.